The Morgan fingerprint density at radius 2 is 2.23 bits per heavy atom. The van der Waals surface area contributed by atoms with Gasteiger partial charge in [-0.25, -0.2) is 0 Å². The molecule has 1 aliphatic heterocycles. The summed E-state index contributed by atoms with van der Waals surface area (Å²) in [4.78, 5) is 36.6. The molecule has 1 atom stereocenters. The molecule has 0 aliphatic carbocycles. The van der Waals surface area contributed by atoms with E-state index in [1.165, 1.54) is 0 Å². The topological polar surface area (TPSA) is 87.8 Å². The molecule has 6 nitrogen and oxygen atoms in total. The van der Waals surface area contributed by atoms with E-state index < -0.39 is 5.97 Å². The number of rotatable bonds is 11. The number of piperidine rings is 1. The van der Waals surface area contributed by atoms with Crippen LogP contribution in [0.15, 0.2) is 35.0 Å². The monoisotopic (exact) mass is 379 g/mol. The van der Waals surface area contributed by atoms with Crippen molar-refractivity contribution in [1.82, 2.24) is 4.90 Å². The highest BCUT2D eigenvalue weighted by atomic mass is 32.2. The second kappa shape index (κ2) is 10.9. The van der Waals surface area contributed by atoms with E-state index in [4.69, 9.17) is 9.52 Å². The number of hydrogen-bond donors (Lipinski definition) is 1. The van der Waals surface area contributed by atoms with E-state index in [1.807, 2.05) is 11.0 Å². The molecule has 7 heteroatoms. The Hall–Kier alpha value is -2.02. The normalized spacial score (nSPS) is 17.8. The molecule has 0 spiro atoms. The highest BCUT2D eigenvalue weighted by Crippen LogP contribution is 2.20. The van der Waals surface area contributed by atoms with E-state index in [9.17, 15) is 14.4 Å². The minimum absolute atomic E-state index is 0.0408. The third-order valence-electron chi connectivity index (χ3n) is 4.20. The van der Waals surface area contributed by atoms with Gasteiger partial charge in [0.15, 0.2) is 5.78 Å². The van der Waals surface area contributed by atoms with Crippen LogP contribution in [0.2, 0.25) is 0 Å². The maximum Gasteiger partial charge on any atom is 0.303 e. The van der Waals surface area contributed by atoms with Gasteiger partial charge in [-0.3, -0.25) is 14.4 Å². The first-order valence-corrected chi connectivity index (χ1v) is 10.0. The van der Waals surface area contributed by atoms with Gasteiger partial charge in [-0.15, -0.1) is 0 Å². The van der Waals surface area contributed by atoms with Crippen LogP contribution in [-0.4, -0.2) is 51.8 Å². The largest absolute Gasteiger partial charge is 0.481 e. The number of furan rings is 1. The van der Waals surface area contributed by atoms with Gasteiger partial charge in [-0.2, -0.15) is 11.8 Å². The smallest absolute Gasteiger partial charge is 0.303 e. The van der Waals surface area contributed by atoms with Gasteiger partial charge in [0, 0.05) is 25.1 Å². The second-order valence-electron chi connectivity index (χ2n) is 6.24. The highest BCUT2D eigenvalue weighted by Gasteiger charge is 2.25. The van der Waals surface area contributed by atoms with Crippen molar-refractivity contribution >= 4 is 29.4 Å². The molecular weight excluding hydrogens is 354 g/mol. The van der Waals surface area contributed by atoms with Crippen molar-refractivity contribution in [3.8, 4) is 0 Å². The van der Waals surface area contributed by atoms with Gasteiger partial charge < -0.3 is 14.4 Å². The Balaban J connectivity index is 1.78. The van der Waals surface area contributed by atoms with E-state index in [0.29, 0.717) is 25.1 Å². The molecule has 26 heavy (non-hydrogen) atoms. The summed E-state index contributed by atoms with van der Waals surface area (Å²) < 4.78 is 5.18. The number of allylic oxidation sites excluding steroid dienone is 1. The zero-order valence-corrected chi connectivity index (χ0v) is 15.6. The van der Waals surface area contributed by atoms with Gasteiger partial charge in [0.1, 0.15) is 5.76 Å². The lowest BCUT2D eigenvalue weighted by molar-refractivity contribution is -0.137. The van der Waals surface area contributed by atoms with Crippen LogP contribution < -0.4 is 0 Å². The van der Waals surface area contributed by atoms with E-state index in [0.717, 1.165) is 24.3 Å². The van der Waals surface area contributed by atoms with Crippen LogP contribution in [-0.2, 0) is 20.8 Å². The average Bonchev–Trinajstić information content (AvgIpc) is 3.10. The standard InChI is InChI=1S/C19H25NO5S/c21-16(14-17-5-2-11-25-17)9-8-15-4-1-6-18(22)20(15)10-13-26-12-3-7-19(23)24/h2,5,8-9,11,15H,1,3-4,6-7,10,12-14H2,(H,23,24)/t15-/m1/s1. The Morgan fingerprint density at radius 1 is 1.38 bits per heavy atom. The van der Waals surface area contributed by atoms with Gasteiger partial charge in [-0.05, 0) is 43.2 Å². The first-order valence-electron chi connectivity index (χ1n) is 8.88. The summed E-state index contributed by atoms with van der Waals surface area (Å²) in [5.41, 5.74) is 0. The van der Waals surface area contributed by atoms with Crippen molar-refractivity contribution in [2.75, 3.05) is 18.1 Å². The van der Waals surface area contributed by atoms with E-state index in [-0.39, 0.29) is 30.6 Å². The number of ketones is 1. The third-order valence-corrected chi connectivity index (χ3v) is 5.25. The molecule has 2 heterocycles. The lowest BCUT2D eigenvalue weighted by Crippen LogP contribution is -2.43. The molecule has 0 aromatic carbocycles. The zero-order valence-electron chi connectivity index (χ0n) is 14.8. The molecule has 142 valence electrons. The maximum atomic E-state index is 12.2. The molecule has 1 aliphatic rings. The van der Waals surface area contributed by atoms with Crippen LogP contribution in [0.1, 0.15) is 37.9 Å². The summed E-state index contributed by atoms with van der Waals surface area (Å²) in [6, 6.07) is 3.47. The highest BCUT2D eigenvalue weighted by molar-refractivity contribution is 7.99. The molecule has 1 N–H and O–H groups in total. The maximum absolute atomic E-state index is 12.2. The van der Waals surface area contributed by atoms with Crippen molar-refractivity contribution in [3.63, 3.8) is 0 Å². The van der Waals surface area contributed by atoms with Gasteiger partial charge in [0.05, 0.1) is 18.7 Å². The van der Waals surface area contributed by atoms with E-state index in [1.54, 1.807) is 36.2 Å². The number of carbonyl (C=O) groups excluding carboxylic acids is 2. The lowest BCUT2D eigenvalue weighted by atomic mass is 10.0. The first kappa shape index (κ1) is 20.3. The average molecular weight is 379 g/mol. The molecule has 0 radical (unpaired) electrons. The predicted molar refractivity (Wildman–Crippen MR) is 100 cm³/mol. The Kier molecular flexibility index (Phi) is 8.47. The minimum atomic E-state index is -0.777. The summed E-state index contributed by atoms with van der Waals surface area (Å²) in [6.45, 7) is 0.623. The molecule has 0 unspecified atom stereocenters. The fraction of sp³-hybridized carbons (Fsp3) is 0.526. The van der Waals surface area contributed by atoms with Gasteiger partial charge in [0.25, 0.3) is 0 Å². The summed E-state index contributed by atoms with van der Waals surface area (Å²) in [5.74, 6) is 1.48. The Morgan fingerprint density at radius 3 is 2.96 bits per heavy atom. The third kappa shape index (κ3) is 7.07. The van der Waals surface area contributed by atoms with Crippen LogP contribution in [0.5, 0.6) is 0 Å². The summed E-state index contributed by atoms with van der Waals surface area (Å²) in [7, 11) is 0. The van der Waals surface area contributed by atoms with Crippen LogP contribution in [0.3, 0.4) is 0 Å². The van der Waals surface area contributed by atoms with E-state index in [2.05, 4.69) is 0 Å². The van der Waals surface area contributed by atoms with Crippen molar-refractivity contribution < 1.29 is 23.9 Å². The molecule has 1 fully saturated rings. The number of aliphatic carboxylic acids is 1. The number of likely N-dealkylation sites (tertiary alicyclic amines) is 1. The quantitative estimate of drug-likeness (QED) is 0.470. The molecular formula is C19H25NO5S. The molecule has 1 saturated heterocycles. The molecule has 0 saturated carbocycles. The fourth-order valence-corrected chi connectivity index (χ4v) is 3.77. The first-order chi connectivity index (χ1) is 12.6. The summed E-state index contributed by atoms with van der Waals surface area (Å²) in [5, 5.41) is 8.62. The Bertz CT molecular complexity index is 626. The molecule has 1 amide bonds. The summed E-state index contributed by atoms with van der Waals surface area (Å²) in [6.07, 6.45) is 8.22. The van der Waals surface area contributed by atoms with Gasteiger partial charge in [0.2, 0.25) is 5.91 Å². The molecule has 2 rings (SSSR count). The second-order valence-corrected chi connectivity index (χ2v) is 7.46. The zero-order chi connectivity index (χ0) is 18.8. The lowest BCUT2D eigenvalue weighted by Gasteiger charge is -2.34. The van der Waals surface area contributed by atoms with Crippen molar-refractivity contribution in [3.05, 3.63) is 36.3 Å². The van der Waals surface area contributed by atoms with Gasteiger partial charge in [-0.1, -0.05) is 6.08 Å². The SMILES string of the molecule is O=C(O)CCCSCCN1C(=O)CCC[C@@H]1C=CC(=O)Cc1ccco1. The molecule has 0 bridgehead atoms. The Labute approximate surface area is 157 Å². The van der Waals surface area contributed by atoms with Gasteiger partial charge >= 0.3 is 5.97 Å². The number of carboxylic acids is 1. The van der Waals surface area contributed by atoms with E-state index >= 15 is 0 Å². The van der Waals surface area contributed by atoms with Crippen LogP contribution in [0.25, 0.3) is 0 Å². The van der Waals surface area contributed by atoms with Crippen LogP contribution in [0.4, 0.5) is 0 Å². The minimum Gasteiger partial charge on any atom is -0.481 e. The molecule has 1 aromatic rings. The van der Waals surface area contributed by atoms with Crippen molar-refractivity contribution in [2.45, 2.75) is 44.6 Å². The van der Waals surface area contributed by atoms with Crippen molar-refractivity contribution in [1.29, 1.82) is 0 Å². The van der Waals surface area contributed by atoms with Crippen molar-refractivity contribution in [2.24, 2.45) is 0 Å². The number of hydrogen-bond acceptors (Lipinski definition) is 5. The predicted octanol–water partition coefficient (Wildman–Crippen LogP) is 2.93. The summed E-state index contributed by atoms with van der Waals surface area (Å²) >= 11 is 1.66. The fourth-order valence-electron chi connectivity index (χ4n) is 2.89. The number of nitrogens with zero attached hydrogens (tertiary/aromatic N) is 1. The van der Waals surface area contributed by atoms with Crippen LogP contribution in [0, 0.1) is 0 Å². The van der Waals surface area contributed by atoms with Crippen LogP contribution >= 0.6 is 11.8 Å². The number of amides is 1. The number of carboxylic acid groups (broad SMARTS) is 1. The number of carbonyl (C=O) groups is 3. The number of thioether (sulfide) groups is 1. The molecule has 1 aromatic heterocycles.